The van der Waals surface area contributed by atoms with Crippen LogP contribution in [0.4, 0.5) is 0 Å². The average molecular weight is 360 g/mol. The molecule has 1 aromatic carbocycles. The fourth-order valence-electron chi connectivity index (χ4n) is 2.85. The fourth-order valence-corrected chi connectivity index (χ4v) is 2.85. The first-order valence-electron chi connectivity index (χ1n) is 8.15. The van der Waals surface area contributed by atoms with Crippen molar-refractivity contribution in [3.8, 4) is 11.5 Å². The van der Waals surface area contributed by atoms with Gasteiger partial charge < -0.3 is 19.9 Å². The number of nitrogens with one attached hydrogen (secondary N) is 1. The number of hydrogen-bond acceptors (Lipinski definition) is 7. The van der Waals surface area contributed by atoms with Crippen LogP contribution in [-0.2, 0) is 6.54 Å². The number of rotatable bonds is 4. The van der Waals surface area contributed by atoms with Gasteiger partial charge in [0.25, 0.3) is 5.56 Å². The average Bonchev–Trinajstić information content (AvgIpc) is 2.56. The van der Waals surface area contributed by atoms with E-state index in [1.807, 2.05) is 19.9 Å². The number of benzene rings is 1. The van der Waals surface area contributed by atoms with Crippen LogP contribution in [0.25, 0.3) is 22.6 Å². The van der Waals surface area contributed by atoms with Gasteiger partial charge in [-0.05, 0) is 44.0 Å². The molecule has 0 amide bonds. The predicted molar refractivity (Wildman–Crippen MR) is 94.2 cm³/mol. The second kappa shape index (κ2) is 6.60. The second-order valence-electron chi connectivity index (χ2n) is 6.49. The molecule has 0 fully saturated rings. The molecule has 2 aliphatic heterocycles. The van der Waals surface area contributed by atoms with E-state index in [2.05, 4.69) is 15.0 Å². The van der Waals surface area contributed by atoms with Crippen LogP contribution in [0, 0.1) is 13.8 Å². The number of aliphatic hydroxyl groups is 3. The second-order valence-corrected chi connectivity index (χ2v) is 6.49. The number of hydrogen-bond donors (Lipinski definition) is 4. The van der Waals surface area contributed by atoms with Crippen LogP contribution in [-0.4, -0.2) is 53.2 Å². The molecule has 138 valence electrons. The van der Waals surface area contributed by atoms with Crippen molar-refractivity contribution in [2.24, 2.45) is 0 Å². The molecular formula is C17H20N4O5. The highest BCUT2D eigenvalue weighted by molar-refractivity contribution is 5.81. The van der Waals surface area contributed by atoms with Gasteiger partial charge in [-0.15, -0.1) is 0 Å². The first kappa shape index (κ1) is 18.2. The first-order chi connectivity index (χ1) is 12.2. The van der Waals surface area contributed by atoms with Gasteiger partial charge >= 0.3 is 5.69 Å². The number of fused-ring (bicyclic) bond motifs is 2. The molecule has 3 rings (SSSR count). The summed E-state index contributed by atoms with van der Waals surface area (Å²) in [5.74, 6) is 0.00588. The summed E-state index contributed by atoms with van der Waals surface area (Å²) in [7, 11) is 0. The Morgan fingerprint density at radius 3 is 2.42 bits per heavy atom. The predicted octanol–water partition coefficient (Wildman–Crippen LogP) is -0.696. The SMILES string of the molecule is Cc1cc2nc3c(=O)[nH]c(=O)nc-3n(C[C@H](O)[C@H](O)[C@@H](C)O)c2cc1C. The molecule has 9 heteroatoms. The minimum Gasteiger partial charge on any atom is -0.391 e. The quantitative estimate of drug-likeness (QED) is 0.451. The Balaban J connectivity index is 2.33. The van der Waals surface area contributed by atoms with Gasteiger partial charge in [-0.3, -0.25) is 9.78 Å². The van der Waals surface area contributed by atoms with Crippen LogP contribution in [0.5, 0.6) is 0 Å². The van der Waals surface area contributed by atoms with Crippen LogP contribution in [0.2, 0.25) is 0 Å². The van der Waals surface area contributed by atoms with E-state index in [-0.39, 0.29) is 18.1 Å². The maximum atomic E-state index is 12.2. The molecule has 2 aliphatic rings. The molecule has 0 bridgehead atoms. The smallest absolute Gasteiger partial charge is 0.349 e. The maximum Gasteiger partial charge on any atom is 0.349 e. The minimum atomic E-state index is -1.40. The molecule has 0 unspecified atom stereocenters. The van der Waals surface area contributed by atoms with Crippen molar-refractivity contribution in [1.29, 1.82) is 0 Å². The zero-order valence-corrected chi connectivity index (χ0v) is 14.6. The number of aromatic amines is 1. The minimum absolute atomic E-state index is 0.00588. The third kappa shape index (κ3) is 3.12. The molecule has 3 atom stereocenters. The lowest BCUT2D eigenvalue weighted by Gasteiger charge is -2.24. The number of aryl methyl sites for hydroxylation is 2. The lowest BCUT2D eigenvalue weighted by molar-refractivity contribution is -0.0569. The van der Waals surface area contributed by atoms with E-state index < -0.39 is 29.6 Å². The molecule has 0 spiro atoms. The summed E-state index contributed by atoms with van der Waals surface area (Å²) in [4.78, 5) is 34.0. The highest BCUT2D eigenvalue weighted by atomic mass is 16.4. The van der Waals surface area contributed by atoms with Crippen LogP contribution in [0.3, 0.4) is 0 Å². The Hall–Kier alpha value is -2.62. The van der Waals surface area contributed by atoms with E-state index in [1.165, 1.54) is 11.5 Å². The van der Waals surface area contributed by atoms with Crippen molar-refractivity contribution in [3.05, 3.63) is 44.1 Å². The van der Waals surface area contributed by atoms with Gasteiger partial charge in [0.1, 0.15) is 12.2 Å². The highest BCUT2D eigenvalue weighted by Crippen LogP contribution is 2.24. The molecule has 2 heterocycles. The van der Waals surface area contributed by atoms with Crippen LogP contribution in [0.15, 0.2) is 21.7 Å². The molecule has 4 N–H and O–H groups in total. The van der Waals surface area contributed by atoms with E-state index in [0.717, 1.165) is 11.1 Å². The molecule has 0 aromatic heterocycles. The summed E-state index contributed by atoms with van der Waals surface area (Å²) >= 11 is 0. The number of nitrogens with zero attached hydrogens (tertiary/aromatic N) is 3. The number of H-pyrrole nitrogens is 1. The lowest BCUT2D eigenvalue weighted by atomic mass is 10.1. The van der Waals surface area contributed by atoms with E-state index in [4.69, 9.17) is 0 Å². The molecule has 0 saturated carbocycles. The van der Waals surface area contributed by atoms with Gasteiger partial charge in [-0.1, -0.05) is 0 Å². The number of aliphatic hydroxyl groups excluding tert-OH is 3. The normalized spacial score (nSPS) is 15.3. The third-order valence-corrected chi connectivity index (χ3v) is 4.48. The molecule has 0 aliphatic carbocycles. The van der Waals surface area contributed by atoms with Gasteiger partial charge in [0.05, 0.1) is 23.7 Å². The summed E-state index contributed by atoms with van der Waals surface area (Å²) in [5, 5.41) is 29.7. The monoisotopic (exact) mass is 360 g/mol. The summed E-state index contributed by atoms with van der Waals surface area (Å²) < 4.78 is 1.47. The summed E-state index contributed by atoms with van der Waals surface area (Å²) in [6, 6.07) is 3.61. The topological polar surface area (TPSA) is 141 Å². The van der Waals surface area contributed by atoms with Crippen molar-refractivity contribution in [1.82, 2.24) is 19.5 Å². The largest absolute Gasteiger partial charge is 0.391 e. The molecule has 26 heavy (non-hydrogen) atoms. The van der Waals surface area contributed by atoms with Gasteiger partial charge in [-0.25, -0.2) is 9.78 Å². The van der Waals surface area contributed by atoms with Gasteiger partial charge in [0.2, 0.25) is 0 Å². The molecular weight excluding hydrogens is 340 g/mol. The molecule has 0 radical (unpaired) electrons. The summed E-state index contributed by atoms with van der Waals surface area (Å²) in [6.45, 7) is 4.97. The van der Waals surface area contributed by atoms with Crippen molar-refractivity contribution >= 4 is 11.0 Å². The molecule has 9 nitrogen and oxygen atoms in total. The summed E-state index contributed by atoms with van der Waals surface area (Å²) in [6.07, 6.45) is -3.90. The van der Waals surface area contributed by atoms with Crippen molar-refractivity contribution in [2.45, 2.75) is 45.6 Å². The maximum absolute atomic E-state index is 12.2. The van der Waals surface area contributed by atoms with E-state index in [9.17, 15) is 24.9 Å². The van der Waals surface area contributed by atoms with Crippen LogP contribution < -0.4 is 11.2 Å². The van der Waals surface area contributed by atoms with Crippen LogP contribution in [0.1, 0.15) is 18.1 Å². The van der Waals surface area contributed by atoms with E-state index in [1.54, 1.807) is 6.07 Å². The van der Waals surface area contributed by atoms with E-state index in [0.29, 0.717) is 11.0 Å². The standard InChI is InChI=1S/C17H20N4O5/c1-7-4-10-11(5-8(7)2)21(6-12(23)14(24)9(3)22)15-13(18-10)16(25)20-17(26)19-15/h4-5,9,12,14,22-24H,6H2,1-3H3,(H,20,25,26)/t9-,12+,14-/m1/s1. The lowest BCUT2D eigenvalue weighted by Crippen LogP contribution is -2.39. The molecule has 0 saturated heterocycles. The van der Waals surface area contributed by atoms with Crippen molar-refractivity contribution in [2.75, 3.05) is 0 Å². The Kier molecular flexibility index (Phi) is 4.61. The highest BCUT2D eigenvalue weighted by Gasteiger charge is 2.25. The Morgan fingerprint density at radius 2 is 1.77 bits per heavy atom. The van der Waals surface area contributed by atoms with Crippen molar-refractivity contribution < 1.29 is 15.3 Å². The van der Waals surface area contributed by atoms with E-state index >= 15 is 0 Å². The Labute approximate surface area is 147 Å². The number of aromatic nitrogens is 4. The Morgan fingerprint density at radius 1 is 1.12 bits per heavy atom. The summed E-state index contributed by atoms with van der Waals surface area (Å²) in [5.41, 5.74) is 1.40. The Bertz CT molecular complexity index is 1060. The first-order valence-corrected chi connectivity index (χ1v) is 8.15. The van der Waals surface area contributed by atoms with Gasteiger partial charge in [0, 0.05) is 0 Å². The van der Waals surface area contributed by atoms with Crippen LogP contribution >= 0.6 is 0 Å². The van der Waals surface area contributed by atoms with Gasteiger partial charge in [0.15, 0.2) is 11.5 Å². The zero-order chi connectivity index (χ0) is 19.2. The zero-order valence-electron chi connectivity index (χ0n) is 14.6. The van der Waals surface area contributed by atoms with Gasteiger partial charge in [-0.2, -0.15) is 4.98 Å². The fraction of sp³-hybridized carbons (Fsp3) is 0.412. The molecule has 1 aromatic rings. The van der Waals surface area contributed by atoms with Crippen molar-refractivity contribution in [3.63, 3.8) is 0 Å². The third-order valence-electron chi connectivity index (χ3n) is 4.48.